The van der Waals surface area contributed by atoms with Crippen LogP contribution in [0.25, 0.3) is 11.0 Å². The molecule has 1 aliphatic rings. The summed E-state index contributed by atoms with van der Waals surface area (Å²) in [6.07, 6.45) is 4.62. The van der Waals surface area contributed by atoms with Gasteiger partial charge in [-0.1, -0.05) is 0 Å². The lowest BCUT2D eigenvalue weighted by Gasteiger charge is -2.21. The number of hydrogen-bond donors (Lipinski definition) is 1. The van der Waals surface area contributed by atoms with Crippen LogP contribution in [0.1, 0.15) is 47.0 Å². The molecule has 1 unspecified atom stereocenters. The molecule has 0 aliphatic heterocycles. The van der Waals surface area contributed by atoms with Crippen molar-refractivity contribution < 1.29 is 14.3 Å². The largest absolute Gasteiger partial charge is 0.475 e. The van der Waals surface area contributed by atoms with Crippen LogP contribution in [0.3, 0.4) is 0 Å². The second-order valence-corrected chi connectivity index (χ2v) is 6.59. The third-order valence-electron chi connectivity index (χ3n) is 4.15. The smallest absolute Gasteiger partial charge is 0.371 e. The van der Waals surface area contributed by atoms with E-state index in [4.69, 9.17) is 21.1 Å². The number of carboxylic acids is 1. The van der Waals surface area contributed by atoms with E-state index >= 15 is 0 Å². The molecular weight excluding hydrogens is 304 g/mol. The van der Waals surface area contributed by atoms with E-state index in [1.807, 2.05) is 13.0 Å². The number of carbonyl (C=O) groups is 1. The fourth-order valence-electron chi connectivity index (χ4n) is 3.21. The van der Waals surface area contributed by atoms with E-state index in [2.05, 4.69) is 0 Å². The van der Waals surface area contributed by atoms with Crippen LogP contribution in [0.15, 0.2) is 21.3 Å². The highest BCUT2D eigenvalue weighted by Crippen LogP contribution is 2.32. The van der Waals surface area contributed by atoms with Gasteiger partial charge in [-0.15, -0.1) is 11.6 Å². The van der Waals surface area contributed by atoms with Gasteiger partial charge in [0.15, 0.2) is 5.43 Å². The van der Waals surface area contributed by atoms with E-state index in [1.165, 1.54) is 11.1 Å². The van der Waals surface area contributed by atoms with Crippen molar-refractivity contribution in [1.29, 1.82) is 0 Å². The molecule has 1 heterocycles. The lowest BCUT2D eigenvalue weighted by atomic mass is 9.85. The van der Waals surface area contributed by atoms with Crippen LogP contribution in [0.4, 0.5) is 0 Å². The van der Waals surface area contributed by atoms with Crippen molar-refractivity contribution in [2.75, 3.05) is 0 Å². The third kappa shape index (κ3) is 2.63. The first-order valence-electron chi connectivity index (χ1n) is 7.46. The van der Waals surface area contributed by atoms with Gasteiger partial charge in [0, 0.05) is 17.0 Å². The third-order valence-corrected chi connectivity index (χ3v) is 4.30. The van der Waals surface area contributed by atoms with Crippen molar-refractivity contribution in [2.45, 2.75) is 44.4 Å². The van der Waals surface area contributed by atoms with E-state index in [9.17, 15) is 9.59 Å². The molecule has 0 radical (unpaired) electrons. The summed E-state index contributed by atoms with van der Waals surface area (Å²) in [6.45, 7) is 1.88. The molecule has 0 saturated heterocycles. The molecule has 2 aromatic rings. The Morgan fingerprint density at radius 1 is 1.36 bits per heavy atom. The van der Waals surface area contributed by atoms with E-state index in [0.29, 0.717) is 17.4 Å². The molecule has 0 bridgehead atoms. The maximum atomic E-state index is 12.3. The van der Waals surface area contributed by atoms with Crippen LogP contribution >= 0.6 is 11.6 Å². The molecule has 0 fully saturated rings. The van der Waals surface area contributed by atoms with Crippen molar-refractivity contribution in [1.82, 2.24) is 0 Å². The highest BCUT2D eigenvalue weighted by molar-refractivity contribution is 6.20. The monoisotopic (exact) mass is 320 g/mol. The van der Waals surface area contributed by atoms with Crippen molar-refractivity contribution in [3.05, 3.63) is 44.8 Å². The number of rotatable bonds is 3. The Bertz CT molecular complexity index is 804. The van der Waals surface area contributed by atoms with Gasteiger partial charge in [-0.25, -0.2) is 4.79 Å². The van der Waals surface area contributed by atoms with Crippen LogP contribution in [-0.2, 0) is 19.3 Å². The molecule has 116 valence electrons. The van der Waals surface area contributed by atoms with Gasteiger partial charge in [0.2, 0.25) is 5.76 Å². The van der Waals surface area contributed by atoms with Crippen molar-refractivity contribution >= 4 is 28.5 Å². The Hall–Kier alpha value is -1.81. The zero-order valence-electron chi connectivity index (χ0n) is 12.3. The number of carboxylic acid groups (broad SMARTS) is 1. The Morgan fingerprint density at radius 3 is 2.77 bits per heavy atom. The first kappa shape index (κ1) is 15.1. The van der Waals surface area contributed by atoms with Crippen LogP contribution < -0.4 is 5.43 Å². The van der Waals surface area contributed by atoms with E-state index in [0.717, 1.165) is 37.3 Å². The summed E-state index contributed by atoms with van der Waals surface area (Å²) in [6, 6.07) is 2.91. The van der Waals surface area contributed by atoms with Crippen molar-refractivity contribution in [3.8, 4) is 0 Å². The molecule has 3 rings (SSSR count). The summed E-state index contributed by atoms with van der Waals surface area (Å²) < 4.78 is 5.54. The van der Waals surface area contributed by atoms with Crippen molar-refractivity contribution in [2.24, 2.45) is 0 Å². The molecule has 0 amide bonds. The number of halogens is 1. The summed E-state index contributed by atoms with van der Waals surface area (Å²) in [5.41, 5.74) is 3.32. The molecular formula is C17H17ClO4. The molecule has 0 spiro atoms. The van der Waals surface area contributed by atoms with Crippen LogP contribution in [0.5, 0.6) is 0 Å². The molecule has 1 aliphatic carbocycles. The number of alkyl halides is 1. The van der Waals surface area contributed by atoms with Crippen LogP contribution in [0, 0.1) is 0 Å². The number of aromatic carboxylic acids is 1. The number of hydrogen-bond acceptors (Lipinski definition) is 3. The summed E-state index contributed by atoms with van der Waals surface area (Å²) >= 11 is 6.16. The van der Waals surface area contributed by atoms with E-state index in [1.54, 1.807) is 0 Å². The minimum absolute atomic E-state index is 0.115. The normalized spacial score (nSPS) is 15.5. The SMILES string of the molecule is CC(Cl)Cc1c2c(cc3c(=O)cc(C(=O)O)oc13)CCCC2. The Balaban J connectivity index is 2.37. The van der Waals surface area contributed by atoms with Crippen LogP contribution in [0.2, 0.25) is 0 Å². The summed E-state index contributed by atoms with van der Waals surface area (Å²) in [7, 11) is 0. The summed E-state index contributed by atoms with van der Waals surface area (Å²) in [5.74, 6) is -1.56. The highest BCUT2D eigenvalue weighted by atomic mass is 35.5. The molecule has 4 nitrogen and oxygen atoms in total. The predicted octanol–water partition coefficient (Wildman–Crippen LogP) is 3.54. The maximum absolute atomic E-state index is 12.3. The quantitative estimate of drug-likeness (QED) is 0.878. The highest BCUT2D eigenvalue weighted by Gasteiger charge is 2.22. The number of benzene rings is 1. The second-order valence-electron chi connectivity index (χ2n) is 5.84. The fraction of sp³-hybridized carbons (Fsp3) is 0.412. The lowest BCUT2D eigenvalue weighted by Crippen LogP contribution is -2.14. The first-order chi connectivity index (χ1) is 10.5. The Kier molecular flexibility index (Phi) is 3.96. The molecule has 22 heavy (non-hydrogen) atoms. The topological polar surface area (TPSA) is 67.5 Å². The average molecular weight is 321 g/mol. The standard InChI is InChI=1S/C17H17ClO4/c1-9(18)6-12-11-5-3-2-4-10(11)7-13-14(19)8-15(17(20)21)22-16(12)13/h7-9H,2-6H2,1H3,(H,20,21). The van der Waals surface area contributed by atoms with Gasteiger partial charge in [-0.3, -0.25) is 4.79 Å². The van der Waals surface area contributed by atoms with Gasteiger partial charge in [0.25, 0.3) is 0 Å². The molecule has 0 saturated carbocycles. The van der Waals surface area contributed by atoms with E-state index in [-0.39, 0.29) is 16.6 Å². The minimum Gasteiger partial charge on any atom is -0.475 e. The van der Waals surface area contributed by atoms with Gasteiger partial charge in [0.05, 0.1) is 5.39 Å². The number of aryl methyl sites for hydroxylation is 1. The predicted molar refractivity (Wildman–Crippen MR) is 85.1 cm³/mol. The van der Waals surface area contributed by atoms with Gasteiger partial charge in [-0.05, 0) is 56.2 Å². The zero-order valence-corrected chi connectivity index (χ0v) is 13.1. The molecule has 1 N–H and O–H groups in total. The van der Waals surface area contributed by atoms with E-state index < -0.39 is 5.97 Å². The molecule has 5 heteroatoms. The molecule has 1 aromatic heterocycles. The Labute approximate surface area is 132 Å². The molecule has 1 aromatic carbocycles. The number of fused-ring (bicyclic) bond motifs is 2. The lowest BCUT2D eigenvalue weighted by molar-refractivity contribution is 0.0663. The maximum Gasteiger partial charge on any atom is 0.371 e. The minimum atomic E-state index is -1.23. The average Bonchev–Trinajstić information content (AvgIpc) is 2.47. The van der Waals surface area contributed by atoms with Gasteiger partial charge in [-0.2, -0.15) is 0 Å². The fourth-order valence-corrected chi connectivity index (χ4v) is 3.36. The zero-order chi connectivity index (χ0) is 15.9. The van der Waals surface area contributed by atoms with Crippen molar-refractivity contribution in [3.63, 3.8) is 0 Å². The summed E-state index contributed by atoms with van der Waals surface area (Å²) in [5, 5.41) is 9.46. The second kappa shape index (κ2) is 5.76. The Morgan fingerprint density at radius 2 is 2.09 bits per heavy atom. The van der Waals surface area contributed by atoms with Gasteiger partial charge in [0.1, 0.15) is 5.58 Å². The van der Waals surface area contributed by atoms with Crippen LogP contribution in [-0.4, -0.2) is 16.5 Å². The summed E-state index contributed by atoms with van der Waals surface area (Å²) in [4.78, 5) is 23.4. The van der Waals surface area contributed by atoms with Gasteiger partial charge >= 0.3 is 5.97 Å². The van der Waals surface area contributed by atoms with Gasteiger partial charge < -0.3 is 9.52 Å². The first-order valence-corrected chi connectivity index (χ1v) is 7.90. The molecule has 1 atom stereocenters.